The smallest absolute Gasteiger partial charge is 0.464 e. The van der Waals surface area contributed by atoms with Gasteiger partial charge in [-0.05, 0) is 6.92 Å². The van der Waals surface area contributed by atoms with Gasteiger partial charge in [-0.2, -0.15) is 0 Å². The van der Waals surface area contributed by atoms with Gasteiger partial charge in [-0.3, -0.25) is 4.79 Å². The van der Waals surface area contributed by atoms with Gasteiger partial charge in [0.1, 0.15) is 0 Å². The number of alkyl halides is 2. The van der Waals surface area contributed by atoms with Crippen LogP contribution in [0.2, 0.25) is 5.31 Å². The normalized spacial score (nSPS) is 15.1. The van der Waals surface area contributed by atoms with E-state index in [1.54, 1.807) is 0 Å². The van der Waals surface area contributed by atoms with Gasteiger partial charge in [0.05, 0.1) is 18.3 Å². The van der Waals surface area contributed by atoms with E-state index in [2.05, 4.69) is 4.74 Å². The van der Waals surface area contributed by atoms with Crippen LogP contribution in [0.4, 0.5) is 8.78 Å². The maximum Gasteiger partial charge on any atom is 0.464 e. The number of hydrogen-bond acceptors (Lipinski definition) is 4. The third kappa shape index (κ3) is 3.23. The minimum absolute atomic E-state index is 0.0691. The molecule has 0 spiro atoms. The summed E-state index contributed by atoms with van der Waals surface area (Å²) >= 11 is 0. The maximum absolute atomic E-state index is 12.4. The molecule has 4 nitrogen and oxygen atoms in total. The average Bonchev–Trinajstić information content (AvgIpc) is 2.03. The van der Waals surface area contributed by atoms with E-state index in [0.717, 1.165) is 6.92 Å². The summed E-state index contributed by atoms with van der Waals surface area (Å²) in [5.74, 6) is -0.872. The van der Waals surface area contributed by atoms with Crippen molar-refractivity contribution >= 4 is 13.1 Å². The molecule has 14 heavy (non-hydrogen) atoms. The van der Waals surface area contributed by atoms with Gasteiger partial charge in [0.15, 0.2) is 0 Å². The second-order valence-corrected chi connectivity index (χ2v) is 3.16. The molecular weight excluding hydrogens is 197 g/mol. The van der Waals surface area contributed by atoms with Gasteiger partial charge in [0, 0.05) is 0 Å². The molecule has 0 aromatic heterocycles. The molecule has 1 unspecified atom stereocenters. The number of halogens is 2. The molecule has 0 aliphatic carbocycles. The first kappa shape index (κ1) is 13.3. The summed E-state index contributed by atoms with van der Waals surface area (Å²) in [7, 11) is -2.26. The van der Waals surface area contributed by atoms with Gasteiger partial charge in [-0.25, -0.2) is 8.78 Å². The van der Waals surface area contributed by atoms with E-state index in [9.17, 15) is 13.6 Å². The SMILES string of the molecule is CCOC(=O)CC(C)(B(O)O)C(F)F. The zero-order chi connectivity index (χ0) is 11.4. The van der Waals surface area contributed by atoms with Crippen molar-refractivity contribution in [2.24, 2.45) is 0 Å². The van der Waals surface area contributed by atoms with Crippen LogP contribution >= 0.6 is 0 Å². The van der Waals surface area contributed by atoms with Crippen molar-refractivity contribution in [3.05, 3.63) is 0 Å². The third-order valence-electron chi connectivity index (χ3n) is 1.92. The Balaban J connectivity index is 4.45. The molecule has 0 aromatic carbocycles. The van der Waals surface area contributed by atoms with Gasteiger partial charge in [-0.15, -0.1) is 0 Å². The predicted molar refractivity (Wildman–Crippen MR) is 45.8 cm³/mol. The lowest BCUT2D eigenvalue weighted by Gasteiger charge is -2.26. The standard InChI is InChI=1S/C7H13BF2O4/c1-3-14-5(11)4-7(2,6(9)10)8(12)13/h6,12-13H,3-4H2,1-2H3. The van der Waals surface area contributed by atoms with Crippen LogP contribution in [0.1, 0.15) is 20.3 Å². The van der Waals surface area contributed by atoms with Crippen molar-refractivity contribution in [1.82, 2.24) is 0 Å². The molecule has 0 heterocycles. The Hall–Kier alpha value is -0.685. The summed E-state index contributed by atoms with van der Waals surface area (Å²) in [6, 6.07) is 0. The summed E-state index contributed by atoms with van der Waals surface area (Å²) in [5, 5.41) is 15.3. The van der Waals surface area contributed by atoms with E-state index in [1.165, 1.54) is 6.92 Å². The second-order valence-electron chi connectivity index (χ2n) is 3.16. The molecule has 2 N–H and O–H groups in total. The lowest BCUT2D eigenvalue weighted by Crippen LogP contribution is -2.38. The number of carbonyl (C=O) groups is 1. The highest BCUT2D eigenvalue weighted by molar-refractivity contribution is 6.46. The van der Waals surface area contributed by atoms with Crippen molar-refractivity contribution in [2.75, 3.05) is 6.61 Å². The molecule has 0 rings (SSSR count). The Morgan fingerprint density at radius 3 is 2.36 bits per heavy atom. The fourth-order valence-corrected chi connectivity index (χ4v) is 0.804. The zero-order valence-corrected chi connectivity index (χ0v) is 8.04. The number of esters is 1. The zero-order valence-electron chi connectivity index (χ0n) is 8.04. The van der Waals surface area contributed by atoms with Crippen LogP contribution in [-0.4, -0.2) is 36.2 Å². The van der Waals surface area contributed by atoms with Crippen LogP contribution in [0.15, 0.2) is 0 Å². The molecule has 0 amide bonds. The molecule has 0 aliphatic rings. The molecular formula is C7H13BF2O4. The Morgan fingerprint density at radius 1 is 1.57 bits per heavy atom. The van der Waals surface area contributed by atoms with Crippen molar-refractivity contribution < 1.29 is 28.4 Å². The Morgan fingerprint density at radius 2 is 2.07 bits per heavy atom. The largest absolute Gasteiger partial charge is 0.466 e. The first-order valence-electron chi connectivity index (χ1n) is 4.14. The Kier molecular flexibility index (Phi) is 5.00. The van der Waals surface area contributed by atoms with Crippen molar-refractivity contribution in [1.29, 1.82) is 0 Å². The summed E-state index contributed by atoms with van der Waals surface area (Å²) < 4.78 is 29.3. The highest BCUT2D eigenvalue weighted by atomic mass is 19.3. The second kappa shape index (κ2) is 5.26. The molecule has 0 saturated heterocycles. The number of ether oxygens (including phenoxy) is 1. The molecule has 82 valence electrons. The average molecular weight is 210 g/mol. The van der Waals surface area contributed by atoms with Gasteiger partial charge < -0.3 is 14.8 Å². The highest BCUT2D eigenvalue weighted by Gasteiger charge is 2.47. The maximum atomic E-state index is 12.4. The first-order chi connectivity index (χ1) is 6.34. The molecule has 0 saturated carbocycles. The van der Waals surface area contributed by atoms with E-state index in [-0.39, 0.29) is 6.61 Å². The fraction of sp³-hybridized carbons (Fsp3) is 0.857. The molecule has 0 radical (unpaired) electrons. The molecule has 0 fully saturated rings. The first-order valence-corrected chi connectivity index (χ1v) is 4.14. The summed E-state index contributed by atoms with van der Waals surface area (Å²) in [6.07, 6.45) is -3.73. The van der Waals surface area contributed by atoms with E-state index in [1.807, 2.05) is 0 Å². The Bertz CT molecular complexity index is 190. The van der Waals surface area contributed by atoms with Gasteiger partial charge in [-0.1, -0.05) is 6.92 Å². The number of rotatable bonds is 5. The van der Waals surface area contributed by atoms with Crippen molar-refractivity contribution in [3.8, 4) is 0 Å². The summed E-state index contributed by atoms with van der Waals surface area (Å²) in [5.41, 5.74) is 0. The molecule has 7 heteroatoms. The van der Waals surface area contributed by atoms with Crippen LogP contribution in [0.5, 0.6) is 0 Å². The van der Waals surface area contributed by atoms with Crippen LogP contribution in [0, 0.1) is 0 Å². The Labute approximate surface area is 81.0 Å². The molecule has 0 aromatic rings. The van der Waals surface area contributed by atoms with E-state index in [4.69, 9.17) is 10.0 Å². The molecule has 0 aliphatic heterocycles. The topological polar surface area (TPSA) is 66.8 Å². The van der Waals surface area contributed by atoms with E-state index in [0.29, 0.717) is 0 Å². The van der Waals surface area contributed by atoms with Crippen LogP contribution < -0.4 is 0 Å². The van der Waals surface area contributed by atoms with Crippen molar-refractivity contribution in [2.45, 2.75) is 32.0 Å². The molecule has 0 bridgehead atoms. The number of carbonyl (C=O) groups excluding carboxylic acids is 1. The summed E-state index contributed by atoms with van der Waals surface area (Å²) in [6.45, 7) is 2.52. The minimum atomic E-state index is -3.01. The van der Waals surface area contributed by atoms with Crippen molar-refractivity contribution in [3.63, 3.8) is 0 Å². The number of hydrogen-bond donors (Lipinski definition) is 2. The van der Waals surface area contributed by atoms with Crippen LogP contribution in [0.25, 0.3) is 0 Å². The van der Waals surface area contributed by atoms with E-state index < -0.39 is 31.2 Å². The monoisotopic (exact) mass is 210 g/mol. The summed E-state index contributed by atoms with van der Waals surface area (Å²) in [4.78, 5) is 10.9. The van der Waals surface area contributed by atoms with Gasteiger partial charge >= 0.3 is 13.1 Å². The van der Waals surface area contributed by atoms with Gasteiger partial charge in [0.25, 0.3) is 0 Å². The van der Waals surface area contributed by atoms with Crippen LogP contribution in [-0.2, 0) is 9.53 Å². The fourth-order valence-electron chi connectivity index (χ4n) is 0.804. The van der Waals surface area contributed by atoms with E-state index >= 15 is 0 Å². The van der Waals surface area contributed by atoms with Gasteiger partial charge in [0.2, 0.25) is 6.43 Å². The predicted octanol–water partition coefficient (Wildman–Crippen LogP) is 0.438. The third-order valence-corrected chi connectivity index (χ3v) is 1.92. The molecule has 1 atom stereocenters. The van der Waals surface area contributed by atoms with Crippen LogP contribution in [0.3, 0.4) is 0 Å². The lowest BCUT2D eigenvalue weighted by molar-refractivity contribution is -0.145. The lowest BCUT2D eigenvalue weighted by atomic mass is 9.57. The highest BCUT2D eigenvalue weighted by Crippen LogP contribution is 2.38. The quantitative estimate of drug-likeness (QED) is 0.510. The minimum Gasteiger partial charge on any atom is -0.466 e.